The second-order valence-electron chi connectivity index (χ2n) is 4.80. The summed E-state index contributed by atoms with van der Waals surface area (Å²) in [4.78, 5) is 22.1. The van der Waals surface area contributed by atoms with E-state index in [2.05, 4.69) is 5.18 Å². The quantitative estimate of drug-likeness (QED) is 0.581. The van der Waals surface area contributed by atoms with E-state index in [1.165, 1.54) is 7.11 Å². The fourth-order valence-corrected chi connectivity index (χ4v) is 2.59. The Kier molecular flexibility index (Phi) is 2.41. The van der Waals surface area contributed by atoms with Gasteiger partial charge < -0.3 is 20.1 Å². The van der Waals surface area contributed by atoms with Crippen molar-refractivity contribution in [2.24, 2.45) is 10.9 Å². The van der Waals surface area contributed by atoms with Crippen molar-refractivity contribution in [3.63, 3.8) is 0 Å². The molecule has 0 bridgehead atoms. The number of carbonyl (C=O) groups excluding carboxylic acids is 1. The molecule has 3 N–H and O–H groups in total. The first-order chi connectivity index (χ1) is 9.02. The average Bonchev–Trinajstić information content (AvgIpc) is 3.11. The second kappa shape index (κ2) is 3.78. The van der Waals surface area contributed by atoms with Crippen LogP contribution in [0.1, 0.15) is 28.3 Å². The first-order valence-electron chi connectivity index (χ1n) is 5.75. The lowest BCUT2D eigenvalue weighted by Crippen LogP contribution is -2.49. The van der Waals surface area contributed by atoms with Crippen LogP contribution in [0.3, 0.4) is 0 Å². The first-order valence-corrected chi connectivity index (χ1v) is 5.75. The van der Waals surface area contributed by atoms with E-state index in [0.29, 0.717) is 12.0 Å². The number of hydrogen-bond acceptors (Lipinski definition) is 6. The maximum atomic E-state index is 11.6. The van der Waals surface area contributed by atoms with Gasteiger partial charge in [-0.05, 0) is 18.1 Å². The maximum Gasteiger partial charge on any atom is 0.544 e. The normalized spacial score (nSPS) is 26.9. The third kappa shape index (κ3) is 1.50. The highest BCUT2D eigenvalue weighted by Crippen LogP contribution is 2.58. The van der Waals surface area contributed by atoms with Crippen molar-refractivity contribution >= 4 is 13.0 Å². The van der Waals surface area contributed by atoms with Crippen LogP contribution in [0.4, 0.5) is 0 Å². The largest absolute Gasteiger partial charge is 0.544 e. The molecule has 98 valence electrons. The molecule has 1 unspecified atom stereocenters. The topological polar surface area (TPSA) is 111 Å². The molecule has 0 radical (unpaired) electrons. The second-order valence-corrected chi connectivity index (χ2v) is 4.80. The zero-order valence-corrected chi connectivity index (χ0v) is 10.1. The number of carbonyl (C=O) groups is 1. The van der Waals surface area contributed by atoms with Crippen molar-refractivity contribution in [3.8, 4) is 11.5 Å². The minimum atomic E-state index is -1.21. The molecule has 0 saturated heterocycles. The summed E-state index contributed by atoms with van der Waals surface area (Å²) in [5, 5.41) is 12.3. The maximum absolute atomic E-state index is 11.6. The van der Waals surface area contributed by atoms with Crippen molar-refractivity contribution in [3.05, 3.63) is 28.2 Å². The van der Waals surface area contributed by atoms with Gasteiger partial charge in [0.05, 0.1) is 12.5 Å². The van der Waals surface area contributed by atoms with E-state index >= 15 is 0 Å². The molecule has 1 aromatic rings. The number of nitrogens with two attached hydrogens (primary N) is 1. The van der Waals surface area contributed by atoms with E-state index in [9.17, 15) is 14.7 Å². The minimum absolute atomic E-state index is 0.0667. The minimum Gasteiger partial charge on any atom is -0.534 e. The van der Waals surface area contributed by atoms with Gasteiger partial charge in [0.1, 0.15) is 17.1 Å². The third-order valence-corrected chi connectivity index (χ3v) is 3.78. The van der Waals surface area contributed by atoms with Crippen LogP contribution in [-0.4, -0.2) is 30.6 Å². The van der Waals surface area contributed by atoms with Crippen LogP contribution < -0.4 is 15.1 Å². The Morgan fingerprint density at radius 2 is 2.42 bits per heavy atom. The van der Waals surface area contributed by atoms with E-state index in [0.717, 1.165) is 0 Å². The number of ether oxygens (including phenoxy) is 1. The van der Waals surface area contributed by atoms with Crippen LogP contribution in [-0.2, 0) is 0 Å². The zero-order chi connectivity index (χ0) is 13.8. The Bertz CT molecular complexity index is 593. The summed E-state index contributed by atoms with van der Waals surface area (Å²) in [6.07, 6.45) is 0.565. The third-order valence-electron chi connectivity index (χ3n) is 3.78. The molecule has 1 heterocycles. The van der Waals surface area contributed by atoms with Crippen molar-refractivity contribution in [2.75, 3.05) is 7.11 Å². The summed E-state index contributed by atoms with van der Waals surface area (Å²) in [5.41, 5.74) is 5.78. The van der Waals surface area contributed by atoms with Crippen LogP contribution >= 0.6 is 0 Å². The fourth-order valence-electron chi connectivity index (χ4n) is 2.59. The van der Waals surface area contributed by atoms with Crippen LogP contribution in [0.25, 0.3) is 0 Å². The predicted octanol–water partition coefficient (Wildman–Crippen LogP) is 0.199. The van der Waals surface area contributed by atoms with Gasteiger partial charge in [-0.1, -0.05) is 6.07 Å². The Morgan fingerprint density at radius 1 is 1.68 bits per heavy atom. The fraction of sp³-hybridized carbons (Fsp3) is 0.364. The molecule has 3 rings (SSSR count). The highest BCUT2D eigenvalue weighted by molar-refractivity contribution is 6.50. The molecule has 1 saturated carbocycles. The average molecular weight is 262 g/mol. The molecule has 19 heavy (non-hydrogen) atoms. The SMILES string of the molecule is COc1ccc2c(c1C(=O)N=O)OB(O)[C@@]1(N)CC21. The van der Waals surface area contributed by atoms with Gasteiger partial charge in [0.2, 0.25) is 0 Å². The molecule has 7 nitrogen and oxygen atoms in total. The summed E-state index contributed by atoms with van der Waals surface area (Å²) >= 11 is 0. The van der Waals surface area contributed by atoms with Gasteiger partial charge in [-0.2, -0.15) is 0 Å². The molecule has 1 amide bonds. The summed E-state index contributed by atoms with van der Waals surface area (Å²) < 4.78 is 10.3. The van der Waals surface area contributed by atoms with Crippen molar-refractivity contribution < 1.29 is 19.2 Å². The number of nitroso groups, excluding NO2 is 1. The van der Waals surface area contributed by atoms with E-state index in [1.54, 1.807) is 12.1 Å². The summed E-state index contributed by atoms with van der Waals surface area (Å²) in [6.45, 7) is 0. The van der Waals surface area contributed by atoms with Crippen molar-refractivity contribution in [1.82, 2.24) is 0 Å². The van der Waals surface area contributed by atoms with E-state index in [1.807, 2.05) is 0 Å². The van der Waals surface area contributed by atoms with Gasteiger partial charge in [0, 0.05) is 11.1 Å². The number of fused-ring (bicyclic) bond motifs is 3. The number of benzene rings is 1. The Hall–Kier alpha value is -1.93. The molecule has 2 aliphatic rings. The first kappa shape index (κ1) is 12.1. The number of hydrogen-bond donors (Lipinski definition) is 2. The van der Waals surface area contributed by atoms with Crippen LogP contribution in [0.5, 0.6) is 11.5 Å². The molecule has 1 aliphatic heterocycles. The summed E-state index contributed by atoms with van der Waals surface area (Å²) in [5.74, 6) is -0.762. The molecule has 2 atom stereocenters. The van der Waals surface area contributed by atoms with E-state index in [-0.39, 0.29) is 23.0 Å². The predicted molar refractivity (Wildman–Crippen MR) is 66.0 cm³/mol. The Morgan fingerprint density at radius 3 is 3.05 bits per heavy atom. The zero-order valence-electron chi connectivity index (χ0n) is 10.1. The Balaban J connectivity index is 2.19. The standard InChI is InChI=1S/C11H11BN2O5/c1-18-7-3-2-5-6-4-11(6,13)12(16)19-9(5)8(7)10(15)14-17/h2-3,6,16H,4,13H2,1H3/t6?,11-/m1/s1. The monoisotopic (exact) mass is 262 g/mol. The molecule has 8 heteroatoms. The summed E-state index contributed by atoms with van der Waals surface area (Å²) in [6, 6.07) is 3.29. The number of rotatable bonds is 2. The number of methoxy groups -OCH3 is 1. The number of nitrogens with zero attached hydrogens (tertiary/aromatic N) is 1. The van der Waals surface area contributed by atoms with Crippen LogP contribution in [0, 0.1) is 4.91 Å². The summed E-state index contributed by atoms with van der Waals surface area (Å²) in [7, 11) is 0.155. The molecule has 0 spiro atoms. The van der Waals surface area contributed by atoms with E-state index in [4.69, 9.17) is 15.1 Å². The number of amides is 1. The highest BCUT2D eigenvalue weighted by atomic mass is 16.5. The Labute approximate surface area is 108 Å². The van der Waals surface area contributed by atoms with Gasteiger partial charge in [-0.15, -0.1) is 4.91 Å². The molecule has 0 aromatic heterocycles. The van der Waals surface area contributed by atoms with Gasteiger partial charge in [0.25, 0.3) is 0 Å². The molecular weight excluding hydrogens is 251 g/mol. The molecular formula is C11H11BN2O5. The van der Waals surface area contributed by atoms with Gasteiger partial charge in [0.15, 0.2) is 0 Å². The van der Waals surface area contributed by atoms with Crippen molar-refractivity contribution in [2.45, 2.75) is 17.8 Å². The van der Waals surface area contributed by atoms with Gasteiger partial charge in [-0.3, -0.25) is 4.79 Å². The van der Waals surface area contributed by atoms with Crippen molar-refractivity contribution in [1.29, 1.82) is 0 Å². The highest BCUT2D eigenvalue weighted by Gasteiger charge is 2.66. The lowest BCUT2D eigenvalue weighted by Gasteiger charge is -2.26. The van der Waals surface area contributed by atoms with Gasteiger partial charge in [-0.25, -0.2) is 0 Å². The van der Waals surface area contributed by atoms with Crippen LogP contribution in [0.15, 0.2) is 17.3 Å². The van der Waals surface area contributed by atoms with Crippen LogP contribution in [0.2, 0.25) is 0 Å². The molecule has 1 aromatic carbocycles. The van der Waals surface area contributed by atoms with Gasteiger partial charge >= 0.3 is 13.0 Å². The lowest BCUT2D eigenvalue weighted by molar-refractivity contribution is 0.0995. The molecule has 1 aliphatic carbocycles. The lowest BCUT2D eigenvalue weighted by atomic mass is 9.71. The molecule has 1 fully saturated rings. The smallest absolute Gasteiger partial charge is 0.534 e. The van der Waals surface area contributed by atoms with E-state index < -0.39 is 18.5 Å².